The molecule has 0 saturated heterocycles. The lowest BCUT2D eigenvalue weighted by atomic mass is 10.3. The van der Waals surface area contributed by atoms with E-state index in [2.05, 4.69) is 20.3 Å². The maximum atomic E-state index is 12.5. The van der Waals surface area contributed by atoms with Crippen LogP contribution in [0.5, 0.6) is 11.5 Å². The SMILES string of the molecule is COc1cc2nc(NC(=O)c3cnc4ccccc4n3)sc2cc1OC. The molecule has 0 fully saturated rings. The zero-order valence-electron chi connectivity index (χ0n) is 14.0. The average Bonchev–Trinajstić information content (AvgIpc) is 3.07. The van der Waals surface area contributed by atoms with Gasteiger partial charge in [0.25, 0.3) is 5.91 Å². The Labute approximate surface area is 152 Å². The van der Waals surface area contributed by atoms with Gasteiger partial charge in [0.05, 0.1) is 41.7 Å². The Morgan fingerprint density at radius 3 is 2.50 bits per heavy atom. The number of methoxy groups -OCH3 is 2. The summed E-state index contributed by atoms with van der Waals surface area (Å²) in [6.07, 6.45) is 1.46. The van der Waals surface area contributed by atoms with Crippen LogP contribution in [0.2, 0.25) is 0 Å². The van der Waals surface area contributed by atoms with Gasteiger partial charge in [-0.05, 0) is 12.1 Å². The Bertz CT molecular complexity index is 1090. The number of hydrogen-bond acceptors (Lipinski definition) is 7. The Hall–Kier alpha value is -3.26. The van der Waals surface area contributed by atoms with Gasteiger partial charge in [-0.3, -0.25) is 15.1 Å². The van der Waals surface area contributed by atoms with Crippen LogP contribution in [0.3, 0.4) is 0 Å². The van der Waals surface area contributed by atoms with Crippen LogP contribution in [-0.4, -0.2) is 35.1 Å². The van der Waals surface area contributed by atoms with Crippen molar-refractivity contribution < 1.29 is 14.3 Å². The van der Waals surface area contributed by atoms with E-state index in [0.717, 1.165) is 10.2 Å². The van der Waals surface area contributed by atoms with Crippen molar-refractivity contribution >= 4 is 43.6 Å². The standard InChI is InChI=1S/C18H14N4O3S/c1-24-14-7-12-16(8-15(14)25-2)26-18(21-12)22-17(23)13-9-19-10-5-3-4-6-11(10)20-13/h3-9H,1-2H3,(H,21,22,23). The highest BCUT2D eigenvalue weighted by Crippen LogP contribution is 2.36. The van der Waals surface area contributed by atoms with E-state index in [1.807, 2.05) is 30.3 Å². The Balaban J connectivity index is 1.64. The summed E-state index contributed by atoms with van der Waals surface area (Å²) in [7, 11) is 3.14. The molecule has 130 valence electrons. The molecule has 0 unspecified atom stereocenters. The fraction of sp³-hybridized carbons (Fsp3) is 0.111. The summed E-state index contributed by atoms with van der Waals surface area (Å²) in [6, 6.07) is 11.0. The number of nitrogens with zero attached hydrogens (tertiary/aromatic N) is 3. The second kappa shape index (κ2) is 6.57. The van der Waals surface area contributed by atoms with Gasteiger partial charge in [0.15, 0.2) is 16.6 Å². The maximum absolute atomic E-state index is 12.5. The summed E-state index contributed by atoms with van der Waals surface area (Å²) < 4.78 is 11.4. The monoisotopic (exact) mass is 366 g/mol. The minimum Gasteiger partial charge on any atom is -0.493 e. The van der Waals surface area contributed by atoms with Crippen LogP contribution in [0.15, 0.2) is 42.6 Å². The minimum atomic E-state index is -0.360. The number of aromatic nitrogens is 3. The van der Waals surface area contributed by atoms with E-state index in [0.29, 0.717) is 27.7 Å². The van der Waals surface area contributed by atoms with E-state index in [9.17, 15) is 4.79 Å². The van der Waals surface area contributed by atoms with Gasteiger partial charge in [-0.25, -0.2) is 9.97 Å². The summed E-state index contributed by atoms with van der Waals surface area (Å²) >= 11 is 1.35. The first-order valence-corrected chi connectivity index (χ1v) is 8.55. The molecule has 2 heterocycles. The second-order valence-corrected chi connectivity index (χ2v) is 6.42. The first-order valence-electron chi connectivity index (χ1n) is 7.73. The number of amides is 1. The highest BCUT2D eigenvalue weighted by atomic mass is 32.1. The van der Waals surface area contributed by atoms with E-state index in [1.54, 1.807) is 20.3 Å². The van der Waals surface area contributed by atoms with Crippen LogP contribution in [0, 0.1) is 0 Å². The van der Waals surface area contributed by atoms with Crippen molar-refractivity contribution in [3.8, 4) is 11.5 Å². The van der Waals surface area contributed by atoms with E-state index < -0.39 is 0 Å². The lowest BCUT2D eigenvalue weighted by Gasteiger charge is -2.05. The third-order valence-corrected chi connectivity index (χ3v) is 4.73. The Morgan fingerprint density at radius 2 is 1.73 bits per heavy atom. The van der Waals surface area contributed by atoms with E-state index in [4.69, 9.17) is 9.47 Å². The van der Waals surface area contributed by atoms with Crippen molar-refractivity contribution in [2.45, 2.75) is 0 Å². The summed E-state index contributed by atoms with van der Waals surface area (Å²) in [6.45, 7) is 0. The highest BCUT2D eigenvalue weighted by Gasteiger charge is 2.14. The van der Waals surface area contributed by atoms with Gasteiger partial charge >= 0.3 is 0 Å². The molecule has 0 spiro atoms. The molecule has 0 aliphatic rings. The van der Waals surface area contributed by atoms with Gasteiger partial charge in [-0.2, -0.15) is 0 Å². The average molecular weight is 366 g/mol. The molecule has 4 aromatic rings. The van der Waals surface area contributed by atoms with Crippen molar-refractivity contribution in [1.29, 1.82) is 0 Å². The Morgan fingerprint density at radius 1 is 1.00 bits per heavy atom. The van der Waals surface area contributed by atoms with Gasteiger partial charge in [-0.15, -0.1) is 0 Å². The predicted molar refractivity (Wildman–Crippen MR) is 100 cm³/mol. The predicted octanol–water partition coefficient (Wildman–Crippen LogP) is 3.51. The molecule has 7 nitrogen and oxygen atoms in total. The van der Waals surface area contributed by atoms with Crippen LogP contribution in [0.1, 0.15) is 10.5 Å². The van der Waals surface area contributed by atoms with Crippen molar-refractivity contribution in [2.75, 3.05) is 19.5 Å². The number of hydrogen-bond donors (Lipinski definition) is 1. The molecule has 4 rings (SSSR count). The molecule has 0 atom stereocenters. The zero-order chi connectivity index (χ0) is 18.1. The molecule has 1 amide bonds. The molecule has 1 N–H and O–H groups in total. The fourth-order valence-electron chi connectivity index (χ4n) is 2.54. The normalized spacial score (nSPS) is 10.8. The lowest BCUT2D eigenvalue weighted by molar-refractivity contribution is 0.102. The van der Waals surface area contributed by atoms with Crippen molar-refractivity contribution in [2.24, 2.45) is 0 Å². The quantitative estimate of drug-likeness (QED) is 0.595. The fourth-order valence-corrected chi connectivity index (χ4v) is 3.41. The van der Waals surface area contributed by atoms with Gasteiger partial charge < -0.3 is 9.47 Å². The smallest absolute Gasteiger partial charge is 0.277 e. The van der Waals surface area contributed by atoms with Crippen molar-refractivity contribution in [3.05, 3.63) is 48.3 Å². The summed E-state index contributed by atoms with van der Waals surface area (Å²) in [4.78, 5) is 25.5. The van der Waals surface area contributed by atoms with Gasteiger partial charge in [0.2, 0.25) is 0 Å². The van der Waals surface area contributed by atoms with E-state index >= 15 is 0 Å². The highest BCUT2D eigenvalue weighted by molar-refractivity contribution is 7.22. The summed E-state index contributed by atoms with van der Waals surface area (Å²) in [5.74, 6) is 0.840. The third-order valence-electron chi connectivity index (χ3n) is 3.80. The number of carbonyl (C=O) groups excluding carboxylic acids is 1. The summed E-state index contributed by atoms with van der Waals surface area (Å²) in [5.41, 5.74) is 2.35. The molecule has 2 aromatic carbocycles. The first-order chi connectivity index (χ1) is 12.7. The summed E-state index contributed by atoms with van der Waals surface area (Å²) in [5, 5.41) is 3.24. The second-order valence-electron chi connectivity index (χ2n) is 5.39. The van der Waals surface area contributed by atoms with Crippen LogP contribution >= 0.6 is 11.3 Å². The molecule has 0 saturated carbocycles. The molecule has 26 heavy (non-hydrogen) atoms. The van der Waals surface area contributed by atoms with Gasteiger partial charge in [-0.1, -0.05) is 23.5 Å². The lowest BCUT2D eigenvalue weighted by Crippen LogP contribution is -2.13. The molecule has 0 bridgehead atoms. The van der Waals surface area contributed by atoms with Crippen molar-refractivity contribution in [1.82, 2.24) is 15.0 Å². The molecule has 0 aliphatic heterocycles. The minimum absolute atomic E-state index is 0.234. The number of thiazole rings is 1. The molecule has 8 heteroatoms. The number of anilines is 1. The van der Waals surface area contributed by atoms with Crippen LogP contribution in [0.4, 0.5) is 5.13 Å². The van der Waals surface area contributed by atoms with Crippen LogP contribution in [-0.2, 0) is 0 Å². The van der Waals surface area contributed by atoms with Crippen LogP contribution < -0.4 is 14.8 Å². The maximum Gasteiger partial charge on any atom is 0.277 e. The number of ether oxygens (including phenoxy) is 2. The largest absolute Gasteiger partial charge is 0.493 e. The zero-order valence-corrected chi connectivity index (χ0v) is 14.8. The topological polar surface area (TPSA) is 86.2 Å². The molecule has 0 radical (unpaired) electrons. The number of fused-ring (bicyclic) bond motifs is 2. The van der Waals surface area contributed by atoms with Gasteiger partial charge in [0, 0.05) is 12.1 Å². The number of rotatable bonds is 4. The first kappa shape index (κ1) is 16.2. The van der Waals surface area contributed by atoms with Crippen LogP contribution in [0.25, 0.3) is 21.3 Å². The number of nitrogens with one attached hydrogen (secondary N) is 1. The van der Waals surface area contributed by atoms with Crippen molar-refractivity contribution in [3.63, 3.8) is 0 Å². The number of para-hydroxylation sites is 2. The van der Waals surface area contributed by atoms with E-state index in [1.165, 1.54) is 17.5 Å². The number of carbonyl (C=O) groups is 1. The number of benzene rings is 2. The Kier molecular flexibility index (Phi) is 4.10. The van der Waals surface area contributed by atoms with Gasteiger partial charge in [0.1, 0.15) is 5.69 Å². The third kappa shape index (κ3) is 2.91. The molecule has 0 aliphatic carbocycles. The molecular weight excluding hydrogens is 352 g/mol. The molecule has 2 aromatic heterocycles. The van der Waals surface area contributed by atoms with E-state index in [-0.39, 0.29) is 11.6 Å². The molecular formula is C18H14N4O3S.